The topological polar surface area (TPSA) is 36.9 Å². The van der Waals surface area contributed by atoms with Crippen LogP contribution in [0.1, 0.15) is 231 Å². The highest BCUT2D eigenvalue weighted by molar-refractivity contribution is 7.80. The Kier molecular flexibility index (Phi) is 23.5. The second-order valence-corrected chi connectivity index (χ2v) is 26.0. The van der Waals surface area contributed by atoms with Crippen molar-refractivity contribution in [3.63, 3.8) is 0 Å². The van der Waals surface area contributed by atoms with Gasteiger partial charge in [-0.2, -0.15) is 0 Å². The van der Waals surface area contributed by atoms with Gasteiger partial charge in [0.25, 0.3) is 0 Å². The zero-order chi connectivity index (χ0) is 52.4. The molecule has 0 amide bonds. The Labute approximate surface area is 464 Å². The lowest BCUT2D eigenvalue weighted by Crippen LogP contribution is -2.45. The van der Waals surface area contributed by atoms with Crippen molar-refractivity contribution in [2.75, 3.05) is 26.4 Å². The van der Waals surface area contributed by atoms with Crippen LogP contribution in [0.2, 0.25) is 0 Å². The molecule has 0 N–H and O–H groups in total. The average Bonchev–Trinajstić information content (AvgIpc) is 4.33. The molecule has 5 heteroatoms. The average molecular weight is 1040 g/mol. The van der Waals surface area contributed by atoms with Gasteiger partial charge in [0.15, 0.2) is 5.05 Å². The summed E-state index contributed by atoms with van der Waals surface area (Å²) < 4.78 is 22.7. The van der Waals surface area contributed by atoms with E-state index in [1.807, 2.05) is 18.2 Å². The fourth-order valence-corrected chi connectivity index (χ4v) is 17.3. The second-order valence-electron chi connectivity index (χ2n) is 25.6. The van der Waals surface area contributed by atoms with E-state index in [2.05, 4.69) is 102 Å². The second kappa shape index (κ2) is 30.1. The number of hydrogen-bond acceptors (Lipinski definition) is 5. The van der Waals surface area contributed by atoms with Gasteiger partial charge < -0.3 is 18.9 Å². The van der Waals surface area contributed by atoms with Gasteiger partial charge in [0.05, 0.1) is 24.9 Å². The highest BCUT2D eigenvalue weighted by atomic mass is 32.1. The lowest BCUT2D eigenvalue weighted by Gasteiger charge is -2.56. The Morgan fingerprint density at radius 3 is 1.61 bits per heavy atom. The molecule has 3 aromatic rings. The number of fused-ring (bicyclic) bond motifs is 10. The summed E-state index contributed by atoms with van der Waals surface area (Å²) in [6.07, 6.45) is 39.4. The largest absolute Gasteiger partial charge is 0.487 e. The third kappa shape index (κ3) is 16.1. The zero-order valence-electron chi connectivity index (χ0n) is 48.5. The van der Waals surface area contributed by atoms with E-state index in [1.165, 1.54) is 143 Å². The first-order valence-corrected chi connectivity index (χ1v) is 32.4. The van der Waals surface area contributed by atoms with Gasteiger partial charge in [-0.25, -0.2) is 0 Å². The molecule has 0 heterocycles. The van der Waals surface area contributed by atoms with Gasteiger partial charge in [-0.1, -0.05) is 153 Å². The smallest absolute Gasteiger partial charge is 0.164 e. The third-order valence-electron chi connectivity index (χ3n) is 20.2. The lowest BCUT2D eigenvalue weighted by molar-refractivity contribution is -0.0545. The Morgan fingerprint density at radius 2 is 1.05 bits per heavy atom. The molecule has 0 spiro atoms. The van der Waals surface area contributed by atoms with Crippen molar-refractivity contribution in [3.8, 4) is 11.1 Å². The minimum absolute atomic E-state index is 0.605. The van der Waals surface area contributed by atoms with Crippen molar-refractivity contribution in [1.29, 1.82) is 0 Å². The number of benzene rings is 3. The van der Waals surface area contributed by atoms with Crippen LogP contribution < -0.4 is 0 Å². The molecule has 0 radical (unpaired) electrons. The molecule has 4 nitrogen and oxygen atoms in total. The molecule has 0 aromatic heterocycles. The van der Waals surface area contributed by atoms with E-state index < -0.39 is 0 Å². The molecular formula is C70H106O4S. The summed E-state index contributed by atoms with van der Waals surface area (Å²) in [6.45, 7) is 17.0. The van der Waals surface area contributed by atoms with Crippen LogP contribution in [0.5, 0.6) is 0 Å². The van der Waals surface area contributed by atoms with Crippen molar-refractivity contribution in [1.82, 2.24) is 0 Å². The molecular weight excluding hydrogens is 937 g/mol. The van der Waals surface area contributed by atoms with Gasteiger partial charge in [0.2, 0.25) is 0 Å². The summed E-state index contributed by atoms with van der Waals surface area (Å²) in [7, 11) is 0. The minimum Gasteiger partial charge on any atom is -0.487 e. The molecule has 3 aromatic carbocycles. The summed E-state index contributed by atoms with van der Waals surface area (Å²) in [5.41, 5.74) is 7.92. The molecule has 0 aliphatic heterocycles. The first-order valence-electron chi connectivity index (χ1n) is 32.0. The number of rotatable bonds is 15. The summed E-state index contributed by atoms with van der Waals surface area (Å²) in [6, 6.07) is 27.7. The van der Waals surface area contributed by atoms with E-state index in [0.717, 1.165) is 104 Å². The van der Waals surface area contributed by atoms with E-state index in [4.69, 9.17) is 31.2 Å². The molecule has 11 aliphatic carbocycles. The maximum atomic E-state index is 5.99. The Hall–Kier alpha value is -2.57. The van der Waals surface area contributed by atoms with Gasteiger partial charge in [0, 0.05) is 32.2 Å². The minimum atomic E-state index is 0.605. The summed E-state index contributed by atoms with van der Waals surface area (Å²) in [5, 5.41) is 0.688. The Bertz CT molecular complexity index is 2010. The molecule has 8 atom stereocenters. The normalized spacial score (nSPS) is 31.7. The van der Waals surface area contributed by atoms with Crippen molar-refractivity contribution < 1.29 is 18.9 Å². The first kappa shape index (κ1) is 58.6. The third-order valence-corrected chi connectivity index (χ3v) is 20.4. The maximum Gasteiger partial charge on any atom is 0.164 e. The summed E-state index contributed by atoms with van der Waals surface area (Å²) in [5.74, 6) is 10.2. The van der Waals surface area contributed by atoms with Crippen LogP contribution in [-0.2, 0) is 25.4 Å². The van der Waals surface area contributed by atoms with Gasteiger partial charge in [-0.05, 0) is 234 Å². The highest BCUT2D eigenvalue weighted by Crippen LogP contribution is 2.62. The van der Waals surface area contributed by atoms with Crippen molar-refractivity contribution >= 4 is 17.3 Å². The van der Waals surface area contributed by atoms with Gasteiger partial charge in [-0.3, -0.25) is 0 Å². The van der Waals surface area contributed by atoms with Crippen LogP contribution in [0, 0.1) is 58.7 Å². The maximum absolute atomic E-state index is 5.99. The van der Waals surface area contributed by atoms with Gasteiger partial charge in [0.1, 0.15) is 0 Å². The van der Waals surface area contributed by atoms with Gasteiger partial charge >= 0.3 is 0 Å². The predicted molar refractivity (Wildman–Crippen MR) is 320 cm³/mol. The predicted octanol–water partition coefficient (Wildman–Crippen LogP) is 19.4. The first-order chi connectivity index (χ1) is 36.8. The van der Waals surface area contributed by atoms with E-state index in [9.17, 15) is 0 Å². The molecule has 14 rings (SSSR count). The Balaban J connectivity index is 0.000000120. The van der Waals surface area contributed by atoms with Crippen molar-refractivity contribution in [2.24, 2.45) is 58.7 Å². The SMILES string of the molecule is CCC12CC3CC(CC(C3)C1)C2.CCC1c2ccccc2-c2ccccc21.CCCOC(=S)Cc1ccccc1.CCCOC1CC2CC1C1CCCC21.CCCOC1CC2CCC1C2.CCCOC1CCCCC1. The van der Waals surface area contributed by atoms with Crippen LogP contribution in [0.25, 0.3) is 11.1 Å². The number of thiocarbonyl (C=S) groups is 1. The summed E-state index contributed by atoms with van der Waals surface area (Å²) in [4.78, 5) is 0. The highest BCUT2D eigenvalue weighted by Gasteiger charge is 2.54. The number of hydrogen-bond donors (Lipinski definition) is 0. The molecule has 75 heavy (non-hydrogen) atoms. The van der Waals surface area contributed by atoms with Crippen LogP contribution in [-0.4, -0.2) is 49.8 Å². The molecule has 416 valence electrons. The monoisotopic (exact) mass is 1040 g/mol. The molecule has 11 aliphatic rings. The quantitative estimate of drug-likeness (QED) is 0.142. The molecule has 10 fully saturated rings. The summed E-state index contributed by atoms with van der Waals surface area (Å²) >= 11 is 5.08. The molecule has 8 unspecified atom stereocenters. The van der Waals surface area contributed by atoms with Crippen molar-refractivity contribution in [2.45, 2.75) is 239 Å². The fraction of sp³-hybridized carbons (Fsp3) is 0.729. The van der Waals surface area contributed by atoms with E-state index in [1.54, 1.807) is 38.5 Å². The van der Waals surface area contributed by atoms with Crippen LogP contribution in [0.15, 0.2) is 78.9 Å². The van der Waals surface area contributed by atoms with E-state index in [-0.39, 0.29) is 0 Å². The van der Waals surface area contributed by atoms with E-state index >= 15 is 0 Å². The molecule has 10 saturated carbocycles. The molecule has 8 bridgehead atoms. The van der Waals surface area contributed by atoms with Gasteiger partial charge in [-0.15, -0.1) is 0 Å². The number of ether oxygens (including phenoxy) is 4. The lowest BCUT2D eigenvalue weighted by atomic mass is 9.49. The standard InChI is InChI=1S/C15H14.C13H22O.C12H20.C11H14OS.C10H18O.C9H18O/c1-2-11-12-7-3-5-9-14(12)15-10-6-4-8-13(11)15;1-2-6-14-13-8-9-7-12(13)11-5-3-4-10(9)11;1-2-12-6-9-3-10(7-12)5-11(4-9)8-12;1-2-8-12-11(13)9-10-6-4-3-5-7-10;1-2-5-11-10-7-8-3-4-9(10)6-8;1-2-8-10-9-6-4-3-5-7-9/h3-11H,2H2,1H3;9-13H,2-8H2,1H3;9-11H,2-8H2,1H3;3-7H,2,8-9H2,1H3;8-10H,2-7H2,1H3;9H,2-8H2,1H3. The van der Waals surface area contributed by atoms with Crippen molar-refractivity contribution in [3.05, 3.63) is 95.6 Å². The molecule has 0 saturated heterocycles. The van der Waals surface area contributed by atoms with Crippen LogP contribution in [0.4, 0.5) is 0 Å². The fourth-order valence-electron chi connectivity index (χ4n) is 17.1. The Morgan fingerprint density at radius 1 is 0.480 bits per heavy atom. The van der Waals surface area contributed by atoms with Crippen LogP contribution >= 0.6 is 12.2 Å². The zero-order valence-corrected chi connectivity index (χ0v) is 49.3. The van der Waals surface area contributed by atoms with E-state index in [0.29, 0.717) is 29.3 Å². The van der Waals surface area contributed by atoms with Crippen LogP contribution in [0.3, 0.4) is 0 Å².